The summed E-state index contributed by atoms with van der Waals surface area (Å²) in [5.41, 5.74) is 13.7. The van der Waals surface area contributed by atoms with Crippen LogP contribution in [0.1, 0.15) is 462 Å². The van der Waals surface area contributed by atoms with Crippen LogP contribution in [-0.4, -0.2) is 54.6 Å². The van der Waals surface area contributed by atoms with Gasteiger partial charge in [-0.05, 0) is 147 Å². The third-order valence-electron chi connectivity index (χ3n) is 24.7. The summed E-state index contributed by atoms with van der Waals surface area (Å²) in [6, 6.07) is 15.6. The van der Waals surface area contributed by atoms with E-state index in [9.17, 15) is 0 Å². The van der Waals surface area contributed by atoms with E-state index in [2.05, 4.69) is 96.4 Å². The summed E-state index contributed by atoms with van der Waals surface area (Å²) in [5.74, 6) is 4.81. The smallest absolute Gasteiger partial charge is 0.203 e. The highest BCUT2D eigenvalue weighted by molar-refractivity contribution is 5.80. The highest BCUT2D eigenvalue weighted by Crippen LogP contribution is 2.48. The monoisotopic (exact) mass is 1570 g/mol. The first-order valence-electron chi connectivity index (χ1n) is 49.7. The zero-order valence-electron chi connectivity index (χ0n) is 74.9. The molecule has 642 valence electrons. The van der Waals surface area contributed by atoms with Crippen molar-refractivity contribution in [1.82, 2.24) is 15.0 Å². The number of fused-ring (bicyclic) bond motifs is 2. The van der Waals surface area contributed by atoms with E-state index in [-0.39, 0.29) is 0 Å². The SMILES string of the molecule is CCCCCCCCCCCCOc1cc(-c2cnc(-c3cccc(-c4ncc(-c5cc(OCCCCCCCCCCCC)c(OCCCCCCCCCCCC)c(OCCCCCCCCCCCC)c5)c5c4CCC5)n3)c3c2CCC3)cc(OCCCCCCCCCCCC)c1OCCCCCCCCCCCC. The second kappa shape index (κ2) is 63.7. The Bertz CT molecular complexity index is 2910. The molecular weight excluding hydrogens is 1400 g/mol. The molecule has 0 amide bonds. The van der Waals surface area contributed by atoms with Crippen molar-refractivity contribution in [3.8, 4) is 79.5 Å². The van der Waals surface area contributed by atoms with Crippen LogP contribution in [0.15, 0.2) is 54.9 Å². The molecule has 2 aliphatic carbocycles. The summed E-state index contributed by atoms with van der Waals surface area (Å²) in [5, 5.41) is 0. The Labute approximate surface area is 700 Å². The van der Waals surface area contributed by atoms with Gasteiger partial charge in [0.1, 0.15) is 0 Å². The number of nitrogens with zero attached hydrogens (tertiary/aromatic N) is 3. The van der Waals surface area contributed by atoms with Gasteiger partial charge < -0.3 is 28.4 Å². The van der Waals surface area contributed by atoms with Gasteiger partial charge in [0.15, 0.2) is 23.0 Å². The Morgan fingerprint density at radius 1 is 0.237 bits per heavy atom. The van der Waals surface area contributed by atoms with Crippen molar-refractivity contribution >= 4 is 0 Å². The average molecular weight is 1570 g/mol. The van der Waals surface area contributed by atoms with E-state index >= 15 is 0 Å². The minimum atomic E-state index is 0.661. The van der Waals surface area contributed by atoms with Gasteiger partial charge in [-0.1, -0.05) is 394 Å². The highest BCUT2D eigenvalue weighted by Gasteiger charge is 2.28. The summed E-state index contributed by atoms with van der Waals surface area (Å²) in [4.78, 5) is 16.5. The first-order valence-corrected chi connectivity index (χ1v) is 49.7. The average Bonchev–Trinajstić information content (AvgIpc) is 1.66. The van der Waals surface area contributed by atoms with Gasteiger partial charge >= 0.3 is 0 Å². The second-order valence-electron chi connectivity index (χ2n) is 34.9. The molecule has 3 heterocycles. The molecule has 0 saturated carbocycles. The molecule has 0 spiro atoms. The largest absolute Gasteiger partial charge is 0.490 e. The third-order valence-corrected chi connectivity index (χ3v) is 24.7. The van der Waals surface area contributed by atoms with Gasteiger partial charge in [-0.25, -0.2) is 4.98 Å². The Kier molecular flexibility index (Phi) is 53.6. The summed E-state index contributed by atoms with van der Waals surface area (Å²) >= 11 is 0. The van der Waals surface area contributed by atoms with E-state index < -0.39 is 0 Å². The van der Waals surface area contributed by atoms with Gasteiger partial charge in [-0.2, -0.15) is 0 Å². The van der Waals surface area contributed by atoms with Crippen LogP contribution in [-0.2, 0) is 25.7 Å². The minimum Gasteiger partial charge on any atom is -0.490 e. The molecule has 9 nitrogen and oxygen atoms in total. The molecule has 0 radical (unpaired) electrons. The molecule has 2 aliphatic rings. The number of rotatable bonds is 76. The number of hydrogen-bond donors (Lipinski definition) is 0. The Hall–Kier alpha value is -5.31. The molecule has 0 N–H and O–H groups in total. The van der Waals surface area contributed by atoms with E-state index in [0.29, 0.717) is 39.6 Å². The fourth-order valence-corrected chi connectivity index (χ4v) is 17.6. The van der Waals surface area contributed by atoms with Gasteiger partial charge in [-0.15, -0.1) is 0 Å². The number of hydrogen-bond acceptors (Lipinski definition) is 9. The number of aromatic nitrogens is 3. The minimum absolute atomic E-state index is 0.661. The van der Waals surface area contributed by atoms with Crippen molar-refractivity contribution in [2.45, 2.75) is 465 Å². The van der Waals surface area contributed by atoms with Gasteiger partial charge in [0.2, 0.25) is 11.5 Å². The van der Waals surface area contributed by atoms with Crippen LogP contribution in [0.3, 0.4) is 0 Å². The Morgan fingerprint density at radius 3 is 0.667 bits per heavy atom. The molecule has 2 aromatic carbocycles. The Balaban J connectivity index is 1.15. The summed E-state index contributed by atoms with van der Waals surface area (Å²) < 4.78 is 41.8. The van der Waals surface area contributed by atoms with Crippen molar-refractivity contribution in [2.75, 3.05) is 39.6 Å². The van der Waals surface area contributed by atoms with Crippen molar-refractivity contribution in [2.24, 2.45) is 0 Å². The molecule has 0 atom stereocenters. The molecule has 9 heteroatoms. The van der Waals surface area contributed by atoms with Gasteiger partial charge in [-0.3, -0.25) is 9.97 Å². The van der Waals surface area contributed by atoms with E-state index in [1.807, 2.05) is 0 Å². The van der Waals surface area contributed by atoms with Gasteiger partial charge in [0.25, 0.3) is 0 Å². The fraction of sp³-hybridized carbons (Fsp3) is 0.743. The highest BCUT2D eigenvalue weighted by atomic mass is 16.5. The van der Waals surface area contributed by atoms with Crippen LogP contribution in [0.2, 0.25) is 0 Å². The number of unbranched alkanes of at least 4 members (excludes halogenated alkanes) is 54. The quantitative estimate of drug-likeness (QED) is 0.0353. The normalized spacial score (nSPS) is 12.5. The molecule has 0 saturated heterocycles. The van der Waals surface area contributed by atoms with E-state index in [0.717, 1.165) is 145 Å². The first kappa shape index (κ1) is 95.8. The molecule has 114 heavy (non-hydrogen) atoms. The summed E-state index contributed by atoms with van der Waals surface area (Å²) in [7, 11) is 0. The molecule has 5 aromatic rings. The molecular formula is C105H171N3O6. The molecule has 0 fully saturated rings. The maximum absolute atomic E-state index is 6.98. The standard InChI is InChI=1S/C105H171N3O6/c1-7-13-19-25-31-37-43-49-55-61-76-109-98-82-88(83-99(110-77-62-56-50-44-38-32-26-20-14-8-2)104(98)113-80-65-59-53-47-41-35-29-23-17-11-5)94-86-106-102(92-72-67-70-90(92)94)96-74-69-75-97(108-96)103-93-73-68-71-91(93)95(87-107-103)89-84-100(111-78-63-57-51-45-39-33-27-21-15-9-3)105(114-81-66-60-54-48-42-36-30-24-18-12-6)101(85-89)112-79-64-58-52-46-40-34-28-22-16-10-4/h69,74-75,82-87H,7-68,70-73,76-81H2,1-6H3. The number of benzene rings is 2. The molecule has 0 aliphatic heterocycles. The van der Waals surface area contributed by atoms with Crippen molar-refractivity contribution < 1.29 is 28.4 Å². The lowest BCUT2D eigenvalue weighted by atomic mass is 9.95. The Morgan fingerprint density at radius 2 is 0.439 bits per heavy atom. The maximum atomic E-state index is 6.98. The van der Waals surface area contributed by atoms with E-state index in [1.165, 1.54) is 380 Å². The van der Waals surface area contributed by atoms with Crippen LogP contribution in [0.5, 0.6) is 34.5 Å². The van der Waals surface area contributed by atoms with Crippen LogP contribution < -0.4 is 28.4 Å². The van der Waals surface area contributed by atoms with Crippen molar-refractivity contribution in [3.63, 3.8) is 0 Å². The van der Waals surface area contributed by atoms with Crippen molar-refractivity contribution in [1.29, 1.82) is 0 Å². The number of pyridine rings is 3. The van der Waals surface area contributed by atoms with Crippen molar-refractivity contribution in [3.05, 3.63) is 77.1 Å². The fourth-order valence-electron chi connectivity index (χ4n) is 17.6. The zero-order valence-corrected chi connectivity index (χ0v) is 74.9. The maximum Gasteiger partial charge on any atom is 0.203 e. The van der Waals surface area contributed by atoms with Gasteiger partial charge in [0, 0.05) is 23.5 Å². The molecule has 0 unspecified atom stereocenters. The van der Waals surface area contributed by atoms with Gasteiger partial charge in [0.05, 0.1) is 62.4 Å². The molecule has 7 rings (SSSR count). The predicted octanol–water partition coefficient (Wildman–Crippen LogP) is 33.3. The van der Waals surface area contributed by atoms with Crippen LogP contribution in [0.4, 0.5) is 0 Å². The zero-order chi connectivity index (χ0) is 80.0. The topological polar surface area (TPSA) is 94.1 Å². The van der Waals surface area contributed by atoms with Crippen LogP contribution >= 0.6 is 0 Å². The lowest BCUT2D eigenvalue weighted by molar-refractivity contribution is 0.234. The van der Waals surface area contributed by atoms with Crippen LogP contribution in [0.25, 0.3) is 45.0 Å². The lowest BCUT2D eigenvalue weighted by Gasteiger charge is -2.20. The molecule has 3 aromatic heterocycles. The molecule has 0 bridgehead atoms. The van der Waals surface area contributed by atoms with Crippen LogP contribution in [0, 0.1) is 0 Å². The lowest BCUT2D eigenvalue weighted by Crippen LogP contribution is -2.07. The first-order chi connectivity index (χ1) is 56.5. The second-order valence-corrected chi connectivity index (χ2v) is 34.9. The number of ether oxygens (including phenoxy) is 6. The summed E-state index contributed by atoms with van der Waals surface area (Å²) in [6.45, 7) is 17.8. The third kappa shape index (κ3) is 38.2. The van der Waals surface area contributed by atoms with E-state index in [4.69, 9.17) is 43.4 Å². The predicted molar refractivity (Wildman–Crippen MR) is 490 cm³/mol. The van der Waals surface area contributed by atoms with E-state index in [1.54, 1.807) is 0 Å². The summed E-state index contributed by atoms with van der Waals surface area (Å²) in [6.07, 6.45) is 87.8.